The first kappa shape index (κ1) is 20.2. The van der Waals surface area contributed by atoms with Gasteiger partial charge in [0, 0.05) is 12.6 Å². The lowest BCUT2D eigenvalue weighted by atomic mass is 9.93. The van der Waals surface area contributed by atoms with E-state index in [0.717, 1.165) is 5.56 Å². The molecule has 0 aliphatic carbocycles. The number of rotatable bonds is 5. The van der Waals surface area contributed by atoms with Gasteiger partial charge in [0.2, 0.25) is 15.9 Å². The van der Waals surface area contributed by atoms with Gasteiger partial charge < -0.3 is 9.64 Å². The maximum Gasteiger partial charge on any atom is 0.236 e. The Kier molecular flexibility index (Phi) is 5.39. The van der Waals surface area contributed by atoms with E-state index in [-0.39, 0.29) is 18.3 Å². The fraction of sp³-hybridized carbons (Fsp3) is 0.381. The van der Waals surface area contributed by atoms with Crippen LogP contribution in [0.3, 0.4) is 0 Å². The highest BCUT2D eigenvalue weighted by Crippen LogP contribution is 2.38. The Morgan fingerprint density at radius 1 is 1.14 bits per heavy atom. The topological polar surface area (TPSA) is 75.7 Å². The zero-order valence-electron chi connectivity index (χ0n) is 16.7. The zero-order valence-corrected chi connectivity index (χ0v) is 17.5. The molecule has 6 nitrogen and oxygen atoms in total. The predicted molar refractivity (Wildman–Crippen MR) is 111 cm³/mol. The highest BCUT2D eigenvalue weighted by molar-refractivity contribution is 7.91. The number of nitrogens with one attached hydrogen (secondary N) is 1. The van der Waals surface area contributed by atoms with Gasteiger partial charge in [0.15, 0.2) is 0 Å². The van der Waals surface area contributed by atoms with Crippen molar-refractivity contribution in [1.29, 1.82) is 0 Å². The van der Waals surface area contributed by atoms with Crippen LogP contribution in [0.5, 0.6) is 5.75 Å². The van der Waals surface area contributed by atoms with Crippen molar-refractivity contribution >= 4 is 27.3 Å². The summed E-state index contributed by atoms with van der Waals surface area (Å²) in [6.45, 7) is 8.29. The van der Waals surface area contributed by atoms with Crippen LogP contribution in [0.4, 0.5) is 11.4 Å². The molecular weight excluding hydrogens is 376 g/mol. The quantitative estimate of drug-likeness (QED) is 0.827. The number of fused-ring (bicyclic) bond motifs is 1. The van der Waals surface area contributed by atoms with Crippen LogP contribution in [-0.4, -0.2) is 27.5 Å². The van der Waals surface area contributed by atoms with E-state index in [1.807, 2.05) is 52.0 Å². The lowest BCUT2D eigenvalue weighted by Crippen LogP contribution is -2.42. The SMILES string of the molecule is CCN1C(=O)C(C)(C)COc2cc(NS(=O)(=O)Cc3ccc(C)cc3)ccc21. The molecule has 0 aromatic heterocycles. The van der Waals surface area contributed by atoms with Crippen LogP contribution in [-0.2, 0) is 20.6 Å². The van der Waals surface area contributed by atoms with Crippen LogP contribution in [0.1, 0.15) is 31.9 Å². The molecule has 0 saturated carbocycles. The van der Waals surface area contributed by atoms with Crippen LogP contribution in [0.2, 0.25) is 0 Å². The molecule has 7 heteroatoms. The molecule has 0 fully saturated rings. The van der Waals surface area contributed by atoms with Crippen molar-refractivity contribution in [3.63, 3.8) is 0 Å². The molecule has 1 aliphatic rings. The van der Waals surface area contributed by atoms with E-state index in [4.69, 9.17) is 4.74 Å². The third kappa shape index (κ3) is 4.30. The number of sulfonamides is 1. The zero-order chi connectivity index (χ0) is 20.5. The second kappa shape index (κ2) is 7.47. The van der Waals surface area contributed by atoms with E-state index in [1.54, 1.807) is 23.1 Å². The van der Waals surface area contributed by atoms with Gasteiger partial charge >= 0.3 is 0 Å². The number of carbonyl (C=O) groups is 1. The summed E-state index contributed by atoms with van der Waals surface area (Å²) in [6, 6.07) is 12.4. The summed E-state index contributed by atoms with van der Waals surface area (Å²) in [5.41, 5.74) is 2.21. The first-order valence-corrected chi connectivity index (χ1v) is 10.9. The lowest BCUT2D eigenvalue weighted by molar-refractivity contribution is -0.127. The smallest absolute Gasteiger partial charge is 0.236 e. The molecule has 1 N–H and O–H groups in total. The molecule has 0 atom stereocenters. The van der Waals surface area contributed by atoms with Gasteiger partial charge in [0.1, 0.15) is 12.4 Å². The minimum absolute atomic E-state index is 0.0125. The summed E-state index contributed by atoms with van der Waals surface area (Å²) >= 11 is 0. The molecule has 0 bridgehead atoms. The van der Waals surface area contributed by atoms with E-state index < -0.39 is 15.4 Å². The Morgan fingerprint density at radius 3 is 2.46 bits per heavy atom. The third-order valence-electron chi connectivity index (χ3n) is 4.73. The number of hydrogen-bond donors (Lipinski definition) is 1. The number of hydrogen-bond acceptors (Lipinski definition) is 4. The average Bonchev–Trinajstić information content (AvgIpc) is 2.71. The van der Waals surface area contributed by atoms with E-state index in [0.29, 0.717) is 29.2 Å². The summed E-state index contributed by atoms with van der Waals surface area (Å²) in [5, 5.41) is 0. The van der Waals surface area contributed by atoms with Gasteiger partial charge in [0.25, 0.3) is 0 Å². The van der Waals surface area contributed by atoms with Gasteiger partial charge in [-0.15, -0.1) is 0 Å². The fourth-order valence-electron chi connectivity index (χ4n) is 3.14. The molecule has 0 radical (unpaired) electrons. The first-order valence-electron chi connectivity index (χ1n) is 9.26. The van der Waals surface area contributed by atoms with Crippen molar-refractivity contribution in [2.75, 3.05) is 22.8 Å². The molecule has 2 aromatic rings. The number of ether oxygens (including phenoxy) is 1. The van der Waals surface area contributed by atoms with E-state index in [2.05, 4.69) is 4.72 Å². The van der Waals surface area contributed by atoms with Gasteiger partial charge in [-0.25, -0.2) is 8.42 Å². The summed E-state index contributed by atoms with van der Waals surface area (Å²) in [4.78, 5) is 14.4. The van der Waals surface area contributed by atoms with Crippen LogP contribution in [0.15, 0.2) is 42.5 Å². The molecule has 1 amide bonds. The predicted octanol–water partition coefficient (Wildman–Crippen LogP) is 3.71. The van der Waals surface area contributed by atoms with Gasteiger partial charge in [-0.1, -0.05) is 29.8 Å². The summed E-state index contributed by atoms with van der Waals surface area (Å²) in [5.74, 6) is 0.371. The van der Waals surface area contributed by atoms with E-state index in [1.165, 1.54) is 0 Å². The molecule has 150 valence electrons. The van der Waals surface area contributed by atoms with Gasteiger partial charge in [-0.05, 0) is 45.4 Å². The Hall–Kier alpha value is -2.54. The molecule has 1 aliphatic heterocycles. The van der Waals surface area contributed by atoms with Gasteiger partial charge in [0.05, 0.1) is 22.5 Å². The molecule has 28 heavy (non-hydrogen) atoms. The molecule has 1 heterocycles. The average molecular weight is 403 g/mol. The summed E-state index contributed by atoms with van der Waals surface area (Å²) in [7, 11) is -3.57. The van der Waals surface area contributed by atoms with Crippen LogP contribution < -0.4 is 14.4 Å². The minimum Gasteiger partial charge on any atom is -0.490 e. The molecule has 0 spiro atoms. The Bertz CT molecular complexity index is 982. The largest absolute Gasteiger partial charge is 0.490 e. The normalized spacial score (nSPS) is 16.1. The standard InChI is InChI=1S/C21H26N2O4S/c1-5-23-18-11-10-17(12-19(18)27-14-21(3,4)20(23)24)22-28(25,26)13-16-8-6-15(2)7-9-16/h6-12,22H,5,13-14H2,1-4H3. The van der Waals surface area contributed by atoms with Crippen LogP contribution in [0, 0.1) is 12.3 Å². The summed E-state index contributed by atoms with van der Waals surface area (Å²) in [6.07, 6.45) is 0. The monoisotopic (exact) mass is 402 g/mol. The Balaban J connectivity index is 1.84. The number of anilines is 2. The van der Waals surface area contributed by atoms with Gasteiger partial charge in [-0.2, -0.15) is 0 Å². The van der Waals surface area contributed by atoms with Crippen LogP contribution >= 0.6 is 0 Å². The van der Waals surface area contributed by atoms with Gasteiger partial charge in [-0.3, -0.25) is 9.52 Å². The van der Waals surface area contributed by atoms with Crippen LogP contribution in [0.25, 0.3) is 0 Å². The molecule has 2 aromatic carbocycles. The fourth-order valence-corrected chi connectivity index (χ4v) is 4.33. The summed E-state index contributed by atoms with van der Waals surface area (Å²) < 4.78 is 33.6. The number of carbonyl (C=O) groups excluding carboxylic acids is 1. The second-order valence-electron chi connectivity index (χ2n) is 7.75. The number of benzene rings is 2. The highest BCUT2D eigenvalue weighted by Gasteiger charge is 2.37. The molecule has 3 rings (SSSR count). The molecular formula is C21H26N2O4S. The Morgan fingerprint density at radius 2 is 1.82 bits per heavy atom. The lowest BCUT2D eigenvalue weighted by Gasteiger charge is -2.26. The van der Waals surface area contributed by atoms with Crippen molar-refractivity contribution in [3.05, 3.63) is 53.6 Å². The molecule has 0 saturated heterocycles. The highest BCUT2D eigenvalue weighted by atomic mass is 32.2. The van der Waals surface area contributed by atoms with Crippen molar-refractivity contribution in [2.24, 2.45) is 5.41 Å². The number of nitrogens with zero attached hydrogens (tertiary/aromatic N) is 1. The Labute approximate surface area is 166 Å². The first-order chi connectivity index (χ1) is 13.1. The van der Waals surface area contributed by atoms with Crippen molar-refractivity contribution in [2.45, 2.75) is 33.4 Å². The maximum atomic E-state index is 12.7. The van der Waals surface area contributed by atoms with Crippen molar-refractivity contribution in [1.82, 2.24) is 0 Å². The van der Waals surface area contributed by atoms with E-state index >= 15 is 0 Å². The number of aryl methyl sites for hydroxylation is 1. The minimum atomic E-state index is -3.57. The van der Waals surface area contributed by atoms with E-state index in [9.17, 15) is 13.2 Å². The maximum absolute atomic E-state index is 12.7. The second-order valence-corrected chi connectivity index (χ2v) is 9.47. The number of amides is 1. The third-order valence-corrected chi connectivity index (χ3v) is 5.99. The van der Waals surface area contributed by atoms with Crippen molar-refractivity contribution < 1.29 is 17.9 Å². The van der Waals surface area contributed by atoms with Crippen molar-refractivity contribution in [3.8, 4) is 5.75 Å². The molecule has 0 unspecified atom stereocenters.